The van der Waals surface area contributed by atoms with Gasteiger partial charge in [0.2, 0.25) is 0 Å². The predicted molar refractivity (Wildman–Crippen MR) is 143 cm³/mol. The van der Waals surface area contributed by atoms with Gasteiger partial charge in [-0.3, -0.25) is 0 Å². The van der Waals surface area contributed by atoms with E-state index in [9.17, 15) is 9.18 Å². The van der Waals surface area contributed by atoms with E-state index in [1.807, 2.05) is 0 Å². The first-order valence-corrected chi connectivity index (χ1v) is 12.7. The summed E-state index contributed by atoms with van der Waals surface area (Å²) in [6.07, 6.45) is 2.03. The molecule has 3 aromatic carbocycles. The molecule has 0 amide bonds. The number of benzene rings is 3. The van der Waals surface area contributed by atoms with E-state index in [0.29, 0.717) is 49.1 Å². The molecular weight excluding hydrogens is 552 g/mol. The fraction of sp³-hybridized carbons (Fsp3) is 0.172. The van der Waals surface area contributed by atoms with Crippen LogP contribution in [0, 0.1) is 17.7 Å². The molecule has 192 valence electrons. The summed E-state index contributed by atoms with van der Waals surface area (Å²) in [5.41, 5.74) is 2.83. The molecule has 9 heteroatoms. The van der Waals surface area contributed by atoms with E-state index in [4.69, 9.17) is 44.1 Å². The van der Waals surface area contributed by atoms with Crippen LogP contribution in [-0.4, -0.2) is 18.2 Å². The fourth-order valence-electron chi connectivity index (χ4n) is 3.93. The third kappa shape index (κ3) is 5.66. The lowest BCUT2D eigenvalue weighted by Gasteiger charge is -2.10. The van der Waals surface area contributed by atoms with Crippen LogP contribution in [0.15, 0.2) is 59.1 Å². The number of carbonyl (C=O) groups excluding carboxylic acids is 1. The van der Waals surface area contributed by atoms with Gasteiger partial charge in [-0.25, -0.2) is 9.18 Å². The Bertz CT molecular complexity index is 1580. The lowest BCUT2D eigenvalue weighted by atomic mass is 10.0. The standard InChI is InChI=1S/C29H19Cl3FNO4/c1-36-29(35)19-11-16(12-20(33)13-19)5-6-17-9-10-21(14-25(17)32)37-15-22-27(34-38-28(22)18-7-8-18)26-23(30)3-2-4-24(26)31/h2-4,9-14,18H,7-8,15H2,1H3. The minimum absolute atomic E-state index is 0.0726. The van der Waals surface area contributed by atoms with E-state index in [1.165, 1.54) is 19.2 Å². The highest BCUT2D eigenvalue weighted by Crippen LogP contribution is 2.46. The maximum Gasteiger partial charge on any atom is 0.337 e. The molecule has 0 N–H and O–H groups in total. The number of aromatic nitrogens is 1. The zero-order chi connectivity index (χ0) is 26.8. The van der Waals surface area contributed by atoms with Crippen molar-refractivity contribution in [3.63, 3.8) is 0 Å². The molecule has 1 heterocycles. The van der Waals surface area contributed by atoms with Crippen LogP contribution >= 0.6 is 34.8 Å². The molecule has 1 saturated carbocycles. The molecule has 0 bridgehead atoms. The monoisotopic (exact) mass is 569 g/mol. The summed E-state index contributed by atoms with van der Waals surface area (Å²) in [6.45, 7) is 0.174. The van der Waals surface area contributed by atoms with Gasteiger partial charge < -0.3 is 14.0 Å². The summed E-state index contributed by atoms with van der Waals surface area (Å²) >= 11 is 19.3. The Labute approximate surface area is 233 Å². The molecule has 0 unspecified atom stereocenters. The SMILES string of the molecule is COC(=O)c1cc(F)cc(C#Cc2ccc(OCc3c(-c4c(Cl)cccc4Cl)noc3C3CC3)cc2Cl)c1. The number of hydrogen-bond acceptors (Lipinski definition) is 5. The van der Waals surface area contributed by atoms with Crippen molar-refractivity contribution in [2.75, 3.05) is 7.11 Å². The number of rotatable bonds is 6. The van der Waals surface area contributed by atoms with Gasteiger partial charge in [0.15, 0.2) is 0 Å². The van der Waals surface area contributed by atoms with Crippen molar-refractivity contribution in [1.82, 2.24) is 5.16 Å². The van der Waals surface area contributed by atoms with Gasteiger partial charge in [0, 0.05) is 28.7 Å². The molecule has 38 heavy (non-hydrogen) atoms. The Morgan fingerprint density at radius 1 is 1.05 bits per heavy atom. The van der Waals surface area contributed by atoms with Crippen molar-refractivity contribution in [3.8, 4) is 28.8 Å². The van der Waals surface area contributed by atoms with Crippen molar-refractivity contribution in [1.29, 1.82) is 0 Å². The second kappa shape index (κ2) is 11.1. The smallest absolute Gasteiger partial charge is 0.337 e. The van der Waals surface area contributed by atoms with E-state index in [2.05, 4.69) is 21.7 Å². The molecule has 0 atom stereocenters. The summed E-state index contributed by atoms with van der Waals surface area (Å²) in [4.78, 5) is 11.7. The maximum atomic E-state index is 13.9. The quantitative estimate of drug-likeness (QED) is 0.173. The van der Waals surface area contributed by atoms with Crippen molar-refractivity contribution in [2.45, 2.75) is 25.4 Å². The van der Waals surface area contributed by atoms with Gasteiger partial charge in [0.25, 0.3) is 0 Å². The Morgan fingerprint density at radius 2 is 1.82 bits per heavy atom. The average Bonchev–Trinajstić information content (AvgIpc) is 3.66. The summed E-state index contributed by atoms with van der Waals surface area (Å²) in [6, 6.07) is 14.1. The van der Waals surface area contributed by atoms with Crippen LogP contribution in [-0.2, 0) is 11.3 Å². The first-order chi connectivity index (χ1) is 18.3. The Balaban J connectivity index is 1.37. The molecular formula is C29H19Cl3FNO4. The van der Waals surface area contributed by atoms with Gasteiger partial charge in [-0.1, -0.05) is 57.9 Å². The highest BCUT2D eigenvalue weighted by atomic mass is 35.5. The number of ether oxygens (including phenoxy) is 2. The predicted octanol–water partition coefficient (Wildman–Crippen LogP) is 8.08. The average molecular weight is 571 g/mol. The van der Waals surface area contributed by atoms with Crippen molar-refractivity contribution < 1.29 is 23.2 Å². The van der Waals surface area contributed by atoms with Crippen molar-refractivity contribution in [2.24, 2.45) is 0 Å². The summed E-state index contributed by atoms with van der Waals surface area (Å²) < 4.78 is 30.3. The number of halogens is 4. The summed E-state index contributed by atoms with van der Waals surface area (Å²) in [5, 5.41) is 5.56. The molecule has 1 aliphatic rings. The molecule has 1 aromatic heterocycles. The lowest BCUT2D eigenvalue weighted by molar-refractivity contribution is 0.0600. The Morgan fingerprint density at radius 3 is 2.50 bits per heavy atom. The Hall–Kier alpha value is -3.50. The van der Waals surface area contributed by atoms with Crippen LogP contribution in [0.1, 0.15) is 51.6 Å². The van der Waals surface area contributed by atoms with Crippen LogP contribution in [0.3, 0.4) is 0 Å². The normalized spacial score (nSPS) is 12.6. The first kappa shape index (κ1) is 26.1. The zero-order valence-corrected chi connectivity index (χ0v) is 22.3. The highest BCUT2D eigenvalue weighted by Gasteiger charge is 2.33. The van der Waals surface area contributed by atoms with Crippen LogP contribution in [0.2, 0.25) is 15.1 Å². The number of nitrogens with zero attached hydrogens (tertiary/aromatic N) is 1. The minimum Gasteiger partial charge on any atom is -0.489 e. The van der Waals surface area contributed by atoms with Gasteiger partial charge in [-0.15, -0.1) is 0 Å². The van der Waals surface area contributed by atoms with Crippen LogP contribution in [0.4, 0.5) is 4.39 Å². The Kier molecular flexibility index (Phi) is 7.62. The first-order valence-electron chi connectivity index (χ1n) is 11.6. The van der Waals surface area contributed by atoms with E-state index in [-0.39, 0.29) is 12.2 Å². The molecule has 0 saturated heterocycles. The molecule has 5 nitrogen and oxygen atoms in total. The summed E-state index contributed by atoms with van der Waals surface area (Å²) in [5.74, 6) is 6.06. The van der Waals surface area contributed by atoms with E-state index < -0.39 is 11.8 Å². The van der Waals surface area contributed by atoms with Gasteiger partial charge >= 0.3 is 5.97 Å². The molecule has 4 aromatic rings. The van der Waals surface area contributed by atoms with E-state index in [0.717, 1.165) is 30.2 Å². The third-order valence-electron chi connectivity index (χ3n) is 5.95. The van der Waals surface area contributed by atoms with E-state index >= 15 is 0 Å². The van der Waals surface area contributed by atoms with Gasteiger partial charge in [-0.2, -0.15) is 0 Å². The van der Waals surface area contributed by atoms with Crippen LogP contribution in [0.5, 0.6) is 5.75 Å². The fourth-order valence-corrected chi connectivity index (χ4v) is 4.72. The second-order valence-electron chi connectivity index (χ2n) is 8.65. The zero-order valence-electron chi connectivity index (χ0n) is 20.0. The number of methoxy groups -OCH3 is 1. The van der Waals surface area contributed by atoms with Gasteiger partial charge in [-0.05, 0) is 55.3 Å². The number of carbonyl (C=O) groups is 1. The molecule has 1 fully saturated rings. The molecule has 0 aliphatic heterocycles. The van der Waals surface area contributed by atoms with E-state index in [1.54, 1.807) is 36.4 Å². The molecule has 0 spiro atoms. The van der Waals surface area contributed by atoms with Crippen molar-refractivity contribution >= 4 is 40.8 Å². The minimum atomic E-state index is -0.648. The number of hydrogen-bond donors (Lipinski definition) is 0. The van der Waals surface area contributed by atoms with Gasteiger partial charge in [0.05, 0.1) is 33.3 Å². The lowest BCUT2D eigenvalue weighted by Crippen LogP contribution is -2.02. The molecule has 0 radical (unpaired) electrons. The maximum absolute atomic E-state index is 13.9. The van der Waals surface area contributed by atoms with Crippen molar-refractivity contribution in [3.05, 3.63) is 103 Å². The highest BCUT2D eigenvalue weighted by molar-refractivity contribution is 6.39. The number of esters is 1. The molecule has 1 aliphatic carbocycles. The molecule has 5 rings (SSSR count). The third-order valence-corrected chi connectivity index (χ3v) is 6.89. The van der Waals surface area contributed by atoms with Crippen LogP contribution in [0.25, 0.3) is 11.3 Å². The topological polar surface area (TPSA) is 61.6 Å². The summed E-state index contributed by atoms with van der Waals surface area (Å²) in [7, 11) is 1.23. The van der Waals surface area contributed by atoms with Gasteiger partial charge in [0.1, 0.15) is 29.6 Å². The largest absolute Gasteiger partial charge is 0.489 e. The van der Waals surface area contributed by atoms with Crippen LogP contribution < -0.4 is 4.74 Å². The second-order valence-corrected chi connectivity index (χ2v) is 9.87.